The highest BCUT2D eigenvalue weighted by atomic mass is 16.5. The second-order valence-electron chi connectivity index (χ2n) is 4.14. The summed E-state index contributed by atoms with van der Waals surface area (Å²) in [7, 11) is 0. The van der Waals surface area contributed by atoms with Gasteiger partial charge in [0.15, 0.2) is 5.78 Å². The third-order valence-electron chi connectivity index (χ3n) is 2.91. The second-order valence-corrected chi connectivity index (χ2v) is 4.14. The standard InChI is InChI=1S/C14H16O4/c1-2-17-13(15)7-8-18-12-9-10-5-3-4-6-11(10)14(12)16/h3-6,12H,2,7-9H2,1H3. The number of carbonyl (C=O) groups is 2. The van der Waals surface area contributed by atoms with Crippen molar-refractivity contribution in [3.8, 4) is 0 Å². The maximum atomic E-state index is 12.0. The summed E-state index contributed by atoms with van der Waals surface area (Å²) in [5.74, 6) is -0.282. The van der Waals surface area contributed by atoms with Crippen LogP contribution in [0.15, 0.2) is 24.3 Å². The molecular formula is C14H16O4. The van der Waals surface area contributed by atoms with E-state index in [0.29, 0.717) is 13.0 Å². The Morgan fingerprint density at radius 3 is 2.89 bits per heavy atom. The summed E-state index contributed by atoms with van der Waals surface area (Å²) in [5, 5.41) is 0. The first-order valence-corrected chi connectivity index (χ1v) is 6.11. The van der Waals surface area contributed by atoms with Gasteiger partial charge in [-0.2, -0.15) is 0 Å². The van der Waals surface area contributed by atoms with E-state index in [-0.39, 0.29) is 24.8 Å². The summed E-state index contributed by atoms with van der Waals surface area (Å²) in [5.41, 5.74) is 1.75. The van der Waals surface area contributed by atoms with Crippen LogP contribution in [0.5, 0.6) is 0 Å². The molecule has 0 bridgehead atoms. The van der Waals surface area contributed by atoms with Crippen molar-refractivity contribution in [2.24, 2.45) is 0 Å². The Morgan fingerprint density at radius 2 is 2.17 bits per heavy atom. The van der Waals surface area contributed by atoms with Gasteiger partial charge in [-0.05, 0) is 12.5 Å². The van der Waals surface area contributed by atoms with Gasteiger partial charge in [-0.3, -0.25) is 9.59 Å². The van der Waals surface area contributed by atoms with Crippen LogP contribution in [-0.4, -0.2) is 31.1 Å². The molecule has 0 amide bonds. The summed E-state index contributed by atoms with van der Waals surface area (Å²) in [6, 6.07) is 7.50. The van der Waals surface area contributed by atoms with Gasteiger partial charge in [0.1, 0.15) is 6.10 Å². The smallest absolute Gasteiger partial charge is 0.308 e. The van der Waals surface area contributed by atoms with Gasteiger partial charge < -0.3 is 9.47 Å². The molecular weight excluding hydrogens is 232 g/mol. The predicted molar refractivity (Wildman–Crippen MR) is 65.5 cm³/mol. The molecule has 0 radical (unpaired) electrons. The molecule has 96 valence electrons. The minimum Gasteiger partial charge on any atom is -0.466 e. The van der Waals surface area contributed by atoms with Gasteiger partial charge in [0, 0.05) is 12.0 Å². The number of rotatable bonds is 5. The maximum Gasteiger partial charge on any atom is 0.308 e. The van der Waals surface area contributed by atoms with E-state index in [0.717, 1.165) is 11.1 Å². The molecule has 0 spiro atoms. The van der Waals surface area contributed by atoms with Crippen LogP contribution < -0.4 is 0 Å². The van der Waals surface area contributed by atoms with Gasteiger partial charge in [-0.25, -0.2) is 0 Å². The van der Waals surface area contributed by atoms with Crippen LogP contribution in [0.2, 0.25) is 0 Å². The molecule has 1 unspecified atom stereocenters. The molecule has 1 aromatic carbocycles. The topological polar surface area (TPSA) is 52.6 Å². The molecule has 0 aromatic heterocycles. The predicted octanol–water partition coefficient (Wildman–Crippen LogP) is 1.76. The Labute approximate surface area is 106 Å². The number of fused-ring (bicyclic) bond motifs is 1. The fourth-order valence-electron chi connectivity index (χ4n) is 2.06. The van der Waals surface area contributed by atoms with Gasteiger partial charge >= 0.3 is 5.97 Å². The number of Topliss-reactive ketones (excluding diaryl/α,β-unsaturated/α-hetero) is 1. The molecule has 0 fully saturated rings. The van der Waals surface area contributed by atoms with Crippen molar-refractivity contribution < 1.29 is 19.1 Å². The average Bonchev–Trinajstić information content (AvgIpc) is 2.68. The minimum atomic E-state index is -0.447. The van der Waals surface area contributed by atoms with Gasteiger partial charge in [-0.15, -0.1) is 0 Å². The number of hydrogen-bond acceptors (Lipinski definition) is 4. The Hall–Kier alpha value is -1.68. The molecule has 1 atom stereocenters. The van der Waals surface area contributed by atoms with Gasteiger partial charge in [0.05, 0.1) is 19.6 Å². The van der Waals surface area contributed by atoms with Crippen LogP contribution in [-0.2, 0) is 20.7 Å². The zero-order chi connectivity index (χ0) is 13.0. The van der Waals surface area contributed by atoms with E-state index in [1.54, 1.807) is 6.92 Å². The van der Waals surface area contributed by atoms with E-state index in [9.17, 15) is 9.59 Å². The number of esters is 1. The lowest BCUT2D eigenvalue weighted by atomic mass is 10.1. The van der Waals surface area contributed by atoms with Crippen LogP contribution in [0.1, 0.15) is 29.3 Å². The van der Waals surface area contributed by atoms with Crippen LogP contribution in [0.25, 0.3) is 0 Å². The molecule has 0 heterocycles. The van der Waals surface area contributed by atoms with E-state index < -0.39 is 6.10 Å². The Balaban J connectivity index is 1.83. The zero-order valence-electron chi connectivity index (χ0n) is 10.3. The fraction of sp³-hybridized carbons (Fsp3) is 0.429. The number of ether oxygens (including phenoxy) is 2. The van der Waals surface area contributed by atoms with Crippen LogP contribution in [0, 0.1) is 0 Å². The Morgan fingerprint density at radius 1 is 1.39 bits per heavy atom. The monoisotopic (exact) mass is 248 g/mol. The maximum absolute atomic E-state index is 12.0. The van der Waals surface area contributed by atoms with E-state index >= 15 is 0 Å². The molecule has 0 N–H and O–H groups in total. The molecule has 0 saturated heterocycles. The summed E-state index contributed by atoms with van der Waals surface area (Å²) in [6.07, 6.45) is 0.336. The fourth-order valence-corrected chi connectivity index (χ4v) is 2.06. The largest absolute Gasteiger partial charge is 0.466 e. The van der Waals surface area contributed by atoms with Crippen molar-refractivity contribution in [3.63, 3.8) is 0 Å². The van der Waals surface area contributed by atoms with Crippen LogP contribution in [0.3, 0.4) is 0 Å². The van der Waals surface area contributed by atoms with Crippen molar-refractivity contribution in [2.75, 3.05) is 13.2 Å². The van der Waals surface area contributed by atoms with Gasteiger partial charge in [-0.1, -0.05) is 24.3 Å². The molecule has 0 aliphatic heterocycles. The molecule has 2 rings (SSSR count). The lowest BCUT2D eigenvalue weighted by Crippen LogP contribution is -2.22. The van der Waals surface area contributed by atoms with Gasteiger partial charge in [0.25, 0.3) is 0 Å². The third-order valence-corrected chi connectivity index (χ3v) is 2.91. The molecule has 4 heteroatoms. The Kier molecular flexibility index (Phi) is 4.10. The summed E-state index contributed by atoms with van der Waals surface area (Å²) < 4.78 is 10.3. The first-order valence-electron chi connectivity index (χ1n) is 6.11. The highest BCUT2D eigenvalue weighted by Crippen LogP contribution is 2.23. The number of carbonyl (C=O) groups excluding carboxylic acids is 2. The normalized spacial score (nSPS) is 17.6. The quantitative estimate of drug-likeness (QED) is 0.745. The number of ketones is 1. The molecule has 18 heavy (non-hydrogen) atoms. The lowest BCUT2D eigenvalue weighted by molar-refractivity contribution is -0.144. The number of benzene rings is 1. The zero-order valence-corrected chi connectivity index (χ0v) is 10.3. The second kappa shape index (κ2) is 5.78. The van der Waals surface area contributed by atoms with E-state index in [2.05, 4.69) is 0 Å². The molecule has 1 aromatic rings. The van der Waals surface area contributed by atoms with Gasteiger partial charge in [0.2, 0.25) is 0 Å². The molecule has 1 aliphatic carbocycles. The van der Waals surface area contributed by atoms with E-state index in [1.165, 1.54) is 0 Å². The van der Waals surface area contributed by atoms with E-state index in [4.69, 9.17) is 9.47 Å². The van der Waals surface area contributed by atoms with Crippen molar-refractivity contribution >= 4 is 11.8 Å². The molecule has 4 nitrogen and oxygen atoms in total. The minimum absolute atomic E-state index is 0.00876. The molecule has 0 saturated carbocycles. The average molecular weight is 248 g/mol. The van der Waals surface area contributed by atoms with Crippen LogP contribution >= 0.6 is 0 Å². The third kappa shape index (κ3) is 2.76. The summed E-state index contributed by atoms with van der Waals surface area (Å²) in [6.45, 7) is 2.35. The highest BCUT2D eigenvalue weighted by Gasteiger charge is 2.30. The van der Waals surface area contributed by atoms with Crippen molar-refractivity contribution in [1.82, 2.24) is 0 Å². The lowest BCUT2D eigenvalue weighted by Gasteiger charge is -2.09. The highest BCUT2D eigenvalue weighted by molar-refractivity contribution is 6.03. The SMILES string of the molecule is CCOC(=O)CCOC1Cc2ccccc2C1=O. The summed E-state index contributed by atoms with van der Waals surface area (Å²) in [4.78, 5) is 23.1. The summed E-state index contributed by atoms with van der Waals surface area (Å²) >= 11 is 0. The van der Waals surface area contributed by atoms with Crippen molar-refractivity contribution in [3.05, 3.63) is 35.4 Å². The van der Waals surface area contributed by atoms with Crippen molar-refractivity contribution in [1.29, 1.82) is 0 Å². The van der Waals surface area contributed by atoms with Crippen LogP contribution in [0.4, 0.5) is 0 Å². The van der Waals surface area contributed by atoms with Crippen molar-refractivity contribution in [2.45, 2.75) is 25.9 Å². The molecule has 1 aliphatic rings. The van der Waals surface area contributed by atoms with E-state index in [1.807, 2.05) is 24.3 Å². The first-order chi connectivity index (χ1) is 8.72. The Bertz CT molecular complexity index is 453. The first kappa shape index (κ1) is 12.8. The number of hydrogen-bond donors (Lipinski definition) is 0.